The molecule has 36 heavy (non-hydrogen) atoms. The van der Waals surface area contributed by atoms with Gasteiger partial charge in [-0.05, 0) is 22.2 Å². The molecular weight excluding hydrogens is 604 g/mol. The third kappa shape index (κ3) is 6.54. The molecule has 20 heteroatoms. The Balaban J connectivity index is 0.00000306. The van der Waals surface area contributed by atoms with Crippen LogP contribution in [0.4, 0.5) is 0 Å². The van der Waals surface area contributed by atoms with E-state index in [1.165, 1.54) is 24.3 Å². The van der Waals surface area contributed by atoms with Crippen LogP contribution >= 0.6 is 0 Å². The van der Waals surface area contributed by atoms with E-state index < -0.39 is 76.2 Å². The molecule has 12 nitrogen and oxygen atoms in total. The zero-order valence-corrected chi connectivity index (χ0v) is 18.4. The van der Waals surface area contributed by atoms with Gasteiger partial charge in [0.25, 0.3) is 40.5 Å². The zero-order chi connectivity index (χ0) is 24.0. The first kappa shape index (κ1) is 37.6. The fourth-order valence-electron chi connectivity index (χ4n) is 3.82. The Morgan fingerprint density at radius 2 is 0.944 bits per heavy atom. The molecule has 4 aromatic rings. The van der Waals surface area contributed by atoms with Gasteiger partial charge < -0.3 is 0 Å². The quantitative estimate of drug-likeness (QED) is 0.123. The van der Waals surface area contributed by atoms with Gasteiger partial charge in [0.05, 0.1) is 0 Å². The van der Waals surface area contributed by atoms with E-state index in [4.69, 9.17) is 0 Å². The Labute approximate surface area is 294 Å². The van der Waals surface area contributed by atoms with Crippen LogP contribution in [0.2, 0.25) is 0 Å². The number of hydrogen-bond acceptors (Lipinski definition) is 8. The average Bonchev–Trinajstić information content (AvgIpc) is 2.61. The summed E-state index contributed by atoms with van der Waals surface area (Å²) in [7, 11) is -22.5. The molecule has 0 spiro atoms. The van der Waals surface area contributed by atoms with Gasteiger partial charge in [0.1, 0.15) is 19.6 Å². The van der Waals surface area contributed by atoms with Crippen molar-refractivity contribution in [3.05, 3.63) is 36.4 Å². The normalized spacial score (nSPS) is 12.4. The summed E-state index contributed by atoms with van der Waals surface area (Å²) < 4.78 is 136. The molecule has 0 bridgehead atoms. The molecule has 4 aromatic carbocycles. The van der Waals surface area contributed by atoms with Crippen LogP contribution in [0, 0.1) is 0 Å². The van der Waals surface area contributed by atoms with Crippen molar-refractivity contribution in [2.45, 2.75) is 19.6 Å². The molecule has 0 fully saturated rings. The Morgan fingerprint density at radius 1 is 0.472 bits per heavy atom. The van der Waals surface area contributed by atoms with Crippen molar-refractivity contribution in [1.82, 2.24) is 0 Å². The molecule has 0 aliphatic heterocycles. The van der Waals surface area contributed by atoms with Crippen LogP contribution in [0.5, 0.6) is 0 Å². The first-order chi connectivity index (χ1) is 14.4. The maximum absolute atomic E-state index is 12.2. The van der Waals surface area contributed by atoms with Gasteiger partial charge in [-0.15, -0.1) is 0 Å². The molecule has 4 rings (SSSR count). The van der Waals surface area contributed by atoms with Crippen molar-refractivity contribution in [3.8, 4) is 0 Å². The maximum atomic E-state index is 12.2. The van der Waals surface area contributed by atoms with Gasteiger partial charge in [0, 0.05) is 16.2 Å². The second-order valence-electron chi connectivity index (χ2n) is 6.70. The van der Waals surface area contributed by atoms with E-state index in [9.17, 15) is 51.9 Å². The summed E-state index contributed by atoms with van der Waals surface area (Å²) in [5.41, 5.74) is 0. The van der Waals surface area contributed by atoms with E-state index in [0.717, 1.165) is 12.1 Å². The van der Waals surface area contributed by atoms with Gasteiger partial charge in [0.15, 0.2) is 0 Å². The van der Waals surface area contributed by atoms with Crippen LogP contribution in [-0.2, 0) is 40.5 Å². The Kier molecular flexibility index (Phi) is 12.7. The Bertz CT molecular complexity index is 1920. The third-order valence-corrected chi connectivity index (χ3v) is 8.72. The molecule has 4 N–H and O–H groups in total. The van der Waals surface area contributed by atoms with Crippen LogP contribution in [0.1, 0.15) is 0 Å². The molecule has 0 amide bonds. The average molecular weight is 619 g/mol. The van der Waals surface area contributed by atoms with Gasteiger partial charge >= 0.3 is 118 Å². The molecule has 0 atom stereocenters. The van der Waals surface area contributed by atoms with Crippen LogP contribution < -0.4 is 0 Å². The van der Waals surface area contributed by atoms with E-state index >= 15 is 0 Å². The predicted molar refractivity (Wildman–Crippen MR) is 138 cm³/mol. The molecule has 0 aliphatic carbocycles. The van der Waals surface area contributed by atoms with E-state index in [1.807, 2.05) is 0 Å². The second kappa shape index (κ2) is 12.2. The molecule has 178 valence electrons. The predicted octanol–water partition coefficient (Wildman–Crippen LogP) is -1.02. The molecule has 0 heterocycles. The van der Waals surface area contributed by atoms with E-state index in [1.54, 1.807) is 0 Å². The Morgan fingerprint density at radius 3 is 1.39 bits per heavy atom. The molecule has 0 aliphatic rings. The van der Waals surface area contributed by atoms with Crippen molar-refractivity contribution in [2.24, 2.45) is 0 Å². The summed E-state index contributed by atoms with van der Waals surface area (Å²) in [6.45, 7) is 0. The summed E-state index contributed by atoms with van der Waals surface area (Å²) in [6, 6.07) is 7.29. The molecular formula is C16H14Na4O12S4. The van der Waals surface area contributed by atoms with Gasteiger partial charge in [-0.1, -0.05) is 30.3 Å². The topological polar surface area (TPSA) is 217 Å². The summed E-state index contributed by atoms with van der Waals surface area (Å²) in [4.78, 5) is -6.60. The molecule has 0 aromatic heterocycles. The second-order valence-corrected chi connectivity index (χ2v) is 12.2. The minimum atomic E-state index is -5.84. The SMILES string of the molecule is O=S(=O)(O)c1c(S(=O)(=O)O)c2ccc3cccc4cc(S(=O)(=O)O)c(c1S(=O)(=O)O)c2c34.[NaH].[NaH].[NaH].[NaH]. The molecule has 0 radical (unpaired) electrons. The Hall–Kier alpha value is 1.56. The first-order valence-electron chi connectivity index (χ1n) is 8.11. The van der Waals surface area contributed by atoms with Gasteiger partial charge in [-0.25, -0.2) is 0 Å². The van der Waals surface area contributed by atoms with Crippen molar-refractivity contribution in [2.75, 3.05) is 0 Å². The van der Waals surface area contributed by atoms with E-state index in [0.29, 0.717) is 5.39 Å². The van der Waals surface area contributed by atoms with E-state index in [2.05, 4.69) is 0 Å². The molecule has 0 saturated heterocycles. The summed E-state index contributed by atoms with van der Waals surface area (Å²) >= 11 is 0. The fourth-order valence-corrected chi connectivity index (χ4v) is 8.22. The third-order valence-electron chi connectivity index (χ3n) is 4.80. The standard InChI is InChI=1S/C16H10O12S4.4Na.4H/c17-29(18,19)10-6-8-3-1-2-7-4-5-9-12(11(7)8)13(10)15(31(23,24)25)16(32(26,27)28)14(9)30(20,21)22;;;;;;;;/h1-6H,(H,17,18,19)(H,20,21,22)(H,23,24,25)(H,26,27,28);;;;;;;;. The van der Waals surface area contributed by atoms with Crippen molar-refractivity contribution < 1.29 is 51.9 Å². The van der Waals surface area contributed by atoms with Crippen LogP contribution in [0.3, 0.4) is 0 Å². The van der Waals surface area contributed by atoms with E-state index in [-0.39, 0.29) is 129 Å². The van der Waals surface area contributed by atoms with Crippen molar-refractivity contribution in [3.63, 3.8) is 0 Å². The van der Waals surface area contributed by atoms with Gasteiger partial charge in [-0.3, -0.25) is 18.2 Å². The minimum absolute atomic E-state index is 0. The summed E-state index contributed by atoms with van der Waals surface area (Å²) in [6.07, 6.45) is 0. The van der Waals surface area contributed by atoms with Crippen LogP contribution in [-0.4, -0.2) is 170 Å². The van der Waals surface area contributed by atoms with Gasteiger partial charge in [0.2, 0.25) is 0 Å². The zero-order valence-electron chi connectivity index (χ0n) is 15.2. The molecule has 0 unspecified atom stereocenters. The molecule has 0 saturated carbocycles. The summed E-state index contributed by atoms with van der Waals surface area (Å²) in [5.74, 6) is 0. The number of hydrogen-bond donors (Lipinski definition) is 4. The summed E-state index contributed by atoms with van der Waals surface area (Å²) in [5, 5.41) is -1.88. The number of benzene rings is 4. The van der Waals surface area contributed by atoms with Crippen LogP contribution in [0.15, 0.2) is 56.0 Å². The van der Waals surface area contributed by atoms with Gasteiger partial charge in [-0.2, -0.15) is 33.7 Å². The fraction of sp³-hybridized carbons (Fsp3) is 0. The van der Waals surface area contributed by atoms with Crippen molar-refractivity contribution >= 4 is 191 Å². The number of rotatable bonds is 4. The van der Waals surface area contributed by atoms with Crippen molar-refractivity contribution in [1.29, 1.82) is 0 Å². The van der Waals surface area contributed by atoms with Crippen LogP contribution in [0.25, 0.3) is 32.3 Å². The monoisotopic (exact) mass is 618 g/mol. The first-order valence-corrected chi connectivity index (χ1v) is 13.9.